The lowest BCUT2D eigenvalue weighted by molar-refractivity contribution is -0.116. The number of ether oxygens (including phenoxy) is 1. The van der Waals surface area contributed by atoms with Gasteiger partial charge in [0.25, 0.3) is 0 Å². The Balaban J connectivity index is 1.18. The average molecular weight is 619 g/mol. The van der Waals surface area contributed by atoms with E-state index in [-0.39, 0.29) is 17.6 Å². The van der Waals surface area contributed by atoms with Crippen LogP contribution >= 0.6 is 0 Å². The van der Waals surface area contributed by atoms with E-state index in [2.05, 4.69) is 35.4 Å². The van der Waals surface area contributed by atoms with Crippen molar-refractivity contribution in [2.75, 3.05) is 31.6 Å². The standard InChI is InChI=1S/C35H35FN8O2/c1-21(2)13-31(45)39-26-15-24(19-37-20-26)22-5-6-30-29(17-22)33(43-42-30)35-40-32-28(7-8-38-34(32)41-35)23-14-25(36)18-27(16-23)46-12-11-44-9-3-4-10-44/h5-8,14-21H,3-4,9-13H2,1-2H3,(H,39,45)(H,42,43)(H,38,40,41). The molecule has 0 spiro atoms. The zero-order valence-corrected chi connectivity index (χ0v) is 25.8. The number of hydrogen-bond donors (Lipinski definition) is 3. The van der Waals surface area contributed by atoms with Gasteiger partial charge in [-0.2, -0.15) is 5.10 Å². The highest BCUT2D eigenvalue weighted by atomic mass is 19.1. The van der Waals surface area contributed by atoms with Crippen molar-refractivity contribution in [3.8, 4) is 39.5 Å². The van der Waals surface area contributed by atoms with E-state index in [4.69, 9.17) is 9.72 Å². The van der Waals surface area contributed by atoms with Crippen LogP contribution in [0.15, 0.2) is 67.1 Å². The summed E-state index contributed by atoms with van der Waals surface area (Å²) < 4.78 is 20.7. The van der Waals surface area contributed by atoms with Crippen molar-refractivity contribution in [3.63, 3.8) is 0 Å². The zero-order chi connectivity index (χ0) is 31.6. The maximum absolute atomic E-state index is 14.8. The molecule has 0 unspecified atom stereocenters. The van der Waals surface area contributed by atoms with Gasteiger partial charge in [-0.1, -0.05) is 19.9 Å². The highest BCUT2D eigenvalue weighted by Crippen LogP contribution is 2.34. The lowest BCUT2D eigenvalue weighted by atomic mass is 10.0. The first-order chi connectivity index (χ1) is 22.4. The lowest BCUT2D eigenvalue weighted by Gasteiger charge is -2.15. The Labute approximate surface area is 265 Å². The Morgan fingerprint density at radius 2 is 1.91 bits per heavy atom. The normalized spacial score (nSPS) is 13.7. The van der Waals surface area contributed by atoms with Crippen LogP contribution < -0.4 is 10.1 Å². The Kier molecular flexibility index (Phi) is 8.15. The molecule has 1 aliphatic rings. The molecule has 11 heteroatoms. The molecule has 1 saturated heterocycles. The lowest BCUT2D eigenvalue weighted by Crippen LogP contribution is -2.25. The second kappa shape index (κ2) is 12.7. The third-order valence-electron chi connectivity index (χ3n) is 8.18. The summed E-state index contributed by atoms with van der Waals surface area (Å²) in [4.78, 5) is 31.8. The summed E-state index contributed by atoms with van der Waals surface area (Å²) in [5.74, 6) is 0.859. The summed E-state index contributed by atoms with van der Waals surface area (Å²) in [6, 6.07) is 14.4. The fraction of sp³-hybridized carbons (Fsp3) is 0.286. The number of hydrogen-bond acceptors (Lipinski definition) is 7. The van der Waals surface area contributed by atoms with E-state index in [9.17, 15) is 9.18 Å². The van der Waals surface area contributed by atoms with Gasteiger partial charge in [0, 0.05) is 47.9 Å². The summed E-state index contributed by atoms with van der Waals surface area (Å²) in [7, 11) is 0. The SMILES string of the molecule is CC(C)CC(=O)Nc1cncc(-c2ccc3[nH]nc(-c4nc5c(-c6cc(F)cc(OCCN7CCCC7)c6)ccnc5[nH]4)c3c2)c1. The first kappa shape index (κ1) is 29.5. The fourth-order valence-electron chi connectivity index (χ4n) is 5.98. The van der Waals surface area contributed by atoms with Gasteiger partial charge in [-0.25, -0.2) is 14.4 Å². The quantitative estimate of drug-likeness (QED) is 0.154. The summed E-state index contributed by atoms with van der Waals surface area (Å²) in [6.07, 6.45) is 7.96. The van der Waals surface area contributed by atoms with Crippen molar-refractivity contribution in [2.45, 2.75) is 33.1 Å². The molecule has 1 aliphatic heterocycles. The third kappa shape index (κ3) is 6.32. The second-order valence-electron chi connectivity index (χ2n) is 12.2. The van der Waals surface area contributed by atoms with Gasteiger partial charge in [-0.3, -0.25) is 19.8 Å². The number of halogens is 1. The van der Waals surface area contributed by atoms with Crippen molar-refractivity contribution in [2.24, 2.45) is 5.92 Å². The number of anilines is 1. The minimum absolute atomic E-state index is 0.0427. The molecule has 4 aromatic heterocycles. The number of amides is 1. The Morgan fingerprint density at radius 3 is 2.76 bits per heavy atom. The number of likely N-dealkylation sites (tertiary alicyclic amines) is 1. The van der Waals surface area contributed by atoms with Crippen molar-refractivity contribution in [1.29, 1.82) is 0 Å². The number of carbonyl (C=O) groups is 1. The molecular formula is C35H35FN8O2. The summed E-state index contributed by atoms with van der Waals surface area (Å²) >= 11 is 0. The van der Waals surface area contributed by atoms with Gasteiger partial charge in [0.1, 0.15) is 29.4 Å². The van der Waals surface area contributed by atoms with E-state index in [1.807, 2.05) is 50.2 Å². The largest absolute Gasteiger partial charge is 0.492 e. The number of nitrogens with one attached hydrogen (secondary N) is 3. The molecule has 3 N–H and O–H groups in total. The predicted molar refractivity (Wildman–Crippen MR) is 177 cm³/mol. The van der Waals surface area contributed by atoms with Crippen LogP contribution in [-0.4, -0.2) is 67.2 Å². The Bertz CT molecular complexity index is 2030. The fourth-order valence-corrected chi connectivity index (χ4v) is 5.98. The molecule has 2 aromatic carbocycles. The summed E-state index contributed by atoms with van der Waals surface area (Å²) in [5.41, 5.74) is 6.43. The molecule has 0 aliphatic carbocycles. The van der Waals surface area contributed by atoms with Crippen LogP contribution in [0.25, 0.3) is 55.8 Å². The number of fused-ring (bicyclic) bond motifs is 2. The van der Waals surface area contributed by atoms with Gasteiger partial charge < -0.3 is 15.0 Å². The van der Waals surface area contributed by atoms with Crippen LogP contribution in [0.4, 0.5) is 10.1 Å². The van der Waals surface area contributed by atoms with E-state index in [0.29, 0.717) is 52.7 Å². The van der Waals surface area contributed by atoms with Gasteiger partial charge in [0.15, 0.2) is 11.5 Å². The van der Waals surface area contributed by atoms with Crippen molar-refractivity contribution >= 4 is 33.7 Å². The number of pyridine rings is 2. The van der Waals surface area contributed by atoms with E-state index in [1.165, 1.54) is 25.0 Å². The maximum atomic E-state index is 14.8. The molecule has 0 saturated carbocycles. The average Bonchev–Trinajstić information content (AvgIpc) is 3.80. The molecule has 1 amide bonds. The summed E-state index contributed by atoms with van der Waals surface area (Å²) in [5, 5.41) is 11.5. The van der Waals surface area contributed by atoms with Crippen LogP contribution in [-0.2, 0) is 4.79 Å². The first-order valence-corrected chi connectivity index (χ1v) is 15.6. The minimum atomic E-state index is -0.377. The van der Waals surface area contributed by atoms with Crippen LogP contribution in [0.1, 0.15) is 33.1 Å². The number of imidazole rings is 1. The third-order valence-corrected chi connectivity index (χ3v) is 8.18. The van der Waals surface area contributed by atoms with Crippen LogP contribution in [0.2, 0.25) is 0 Å². The number of carbonyl (C=O) groups excluding carboxylic acids is 1. The van der Waals surface area contributed by atoms with E-state index >= 15 is 0 Å². The molecular weight excluding hydrogens is 583 g/mol. The highest BCUT2D eigenvalue weighted by Gasteiger charge is 2.18. The number of rotatable bonds is 10. The molecule has 10 nitrogen and oxygen atoms in total. The topological polar surface area (TPSA) is 125 Å². The predicted octanol–water partition coefficient (Wildman–Crippen LogP) is 6.83. The van der Waals surface area contributed by atoms with Crippen LogP contribution in [0, 0.1) is 11.7 Å². The smallest absolute Gasteiger partial charge is 0.224 e. The number of aromatic nitrogens is 6. The van der Waals surface area contributed by atoms with E-state index in [0.717, 1.165) is 47.2 Å². The molecule has 0 radical (unpaired) electrons. The number of benzene rings is 2. The van der Waals surface area contributed by atoms with Crippen LogP contribution in [0.5, 0.6) is 5.75 Å². The molecule has 1 fully saturated rings. The van der Waals surface area contributed by atoms with Gasteiger partial charge >= 0.3 is 0 Å². The Morgan fingerprint density at radius 1 is 1.04 bits per heavy atom. The number of aromatic amines is 2. The number of nitrogens with zero attached hydrogens (tertiary/aromatic N) is 5. The Hall–Kier alpha value is -5.16. The maximum Gasteiger partial charge on any atom is 0.224 e. The molecule has 6 aromatic rings. The van der Waals surface area contributed by atoms with E-state index < -0.39 is 0 Å². The molecule has 0 atom stereocenters. The second-order valence-corrected chi connectivity index (χ2v) is 12.2. The van der Waals surface area contributed by atoms with Crippen molar-refractivity contribution in [3.05, 3.63) is 72.9 Å². The number of H-pyrrole nitrogens is 2. The van der Waals surface area contributed by atoms with Gasteiger partial charge in [0.05, 0.1) is 17.4 Å². The zero-order valence-electron chi connectivity index (χ0n) is 25.8. The monoisotopic (exact) mass is 618 g/mol. The highest BCUT2D eigenvalue weighted by molar-refractivity contribution is 5.98. The molecule has 7 rings (SSSR count). The van der Waals surface area contributed by atoms with Gasteiger partial charge in [0.2, 0.25) is 5.91 Å². The molecule has 5 heterocycles. The van der Waals surface area contributed by atoms with Crippen molar-refractivity contribution < 1.29 is 13.9 Å². The van der Waals surface area contributed by atoms with E-state index in [1.54, 1.807) is 18.6 Å². The van der Waals surface area contributed by atoms with Gasteiger partial charge in [-0.15, -0.1) is 0 Å². The summed E-state index contributed by atoms with van der Waals surface area (Å²) in [6.45, 7) is 7.52. The molecule has 234 valence electrons. The minimum Gasteiger partial charge on any atom is -0.492 e. The van der Waals surface area contributed by atoms with Crippen LogP contribution in [0.3, 0.4) is 0 Å². The molecule has 0 bridgehead atoms. The van der Waals surface area contributed by atoms with Gasteiger partial charge in [-0.05, 0) is 79.4 Å². The van der Waals surface area contributed by atoms with Crippen molar-refractivity contribution in [1.82, 2.24) is 35.0 Å². The first-order valence-electron chi connectivity index (χ1n) is 15.6. The molecule has 46 heavy (non-hydrogen) atoms.